The Bertz CT molecular complexity index is 791. The number of ether oxygens (including phenoxy) is 3. The van der Waals surface area contributed by atoms with Gasteiger partial charge in [0, 0.05) is 12.1 Å². The molecule has 0 aromatic heterocycles. The zero-order valence-electron chi connectivity index (χ0n) is 14.0. The normalized spacial score (nSPS) is 12.7. The van der Waals surface area contributed by atoms with Gasteiger partial charge in [0.05, 0.1) is 0 Å². The number of hydrogen-bond donors (Lipinski definition) is 1. The number of aryl methyl sites for hydroxylation is 1. The van der Waals surface area contributed by atoms with Gasteiger partial charge in [-0.05, 0) is 54.4 Å². The van der Waals surface area contributed by atoms with Crippen molar-refractivity contribution in [3.8, 4) is 11.5 Å². The average molecular weight is 359 g/mol. The highest BCUT2D eigenvalue weighted by Gasteiger charge is 2.15. The van der Waals surface area contributed by atoms with Gasteiger partial charge in [-0.25, -0.2) is 9.18 Å². The maximum Gasteiger partial charge on any atom is 0.344 e. The van der Waals surface area contributed by atoms with Crippen LogP contribution in [0.1, 0.15) is 12.0 Å². The zero-order valence-corrected chi connectivity index (χ0v) is 14.0. The fourth-order valence-electron chi connectivity index (χ4n) is 2.48. The summed E-state index contributed by atoms with van der Waals surface area (Å²) >= 11 is 0. The maximum absolute atomic E-state index is 12.8. The van der Waals surface area contributed by atoms with Crippen LogP contribution in [0.15, 0.2) is 42.5 Å². The lowest BCUT2D eigenvalue weighted by atomic mass is 10.0. The van der Waals surface area contributed by atoms with E-state index in [-0.39, 0.29) is 31.5 Å². The van der Waals surface area contributed by atoms with Crippen molar-refractivity contribution in [3.63, 3.8) is 0 Å². The van der Waals surface area contributed by atoms with E-state index in [0.717, 1.165) is 11.3 Å². The number of halogens is 1. The van der Waals surface area contributed by atoms with Crippen LogP contribution in [-0.2, 0) is 20.7 Å². The topological polar surface area (TPSA) is 73.9 Å². The Labute approximate surface area is 149 Å². The van der Waals surface area contributed by atoms with Crippen LogP contribution in [0.3, 0.4) is 0 Å². The van der Waals surface area contributed by atoms with Gasteiger partial charge in [0.15, 0.2) is 6.61 Å². The highest BCUT2D eigenvalue weighted by atomic mass is 19.1. The molecular formula is C19H18FNO5. The molecule has 0 unspecified atom stereocenters. The molecule has 6 nitrogen and oxygen atoms in total. The third kappa shape index (κ3) is 4.95. The van der Waals surface area contributed by atoms with E-state index >= 15 is 0 Å². The molecule has 136 valence electrons. The number of rotatable bonds is 7. The number of amides is 1. The average Bonchev–Trinajstić information content (AvgIpc) is 2.65. The number of nitrogens with one attached hydrogen (secondary N) is 1. The number of benzene rings is 2. The van der Waals surface area contributed by atoms with E-state index in [1.165, 1.54) is 24.3 Å². The van der Waals surface area contributed by atoms with Crippen molar-refractivity contribution in [2.75, 3.05) is 25.1 Å². The van der Waals surface area contributed by atoms with E-state index in [1.54, 1.807) is 18.2 Å². The second-order valence-corrected chi connectivity index (χ2v) is 5.68. The summed E-state index contributed by atoms with van der Waals surface area (Å²) in [4.78, 5) is 23.0. The standard InChI is InChI=1S/C19H18FNO5/c20-14-2-4-15(5-3-14)24-9-10-25-19(23)12-26-16-6-7-17-13(11-16)1-8-18(22)21-17/h2-7,11H,1,8-10,12H2,(H,21,22). The fraction of sp³-hybridized carbons (Fsp3) is 0.263. The van der Waals surface area contributed by atoms with E-state index in [2.05, 4.69) is 5.32 Å². The lowest BCUT2D eigenvalue weighted by molar-refractivity contribution is -0.146. The van der Waals surface area contributed by atoms with Gasteiger partial charge in [-0.15, -0.1) is 0 Å². The van der Waals surface area contributed by atoms with Crippen LogP contribution >= 0.6 is 0 Å². The molecule has 1 aliphatic rings. The number of fused-ring (bicyclic) bond motifs is 1. The van der Waals surface area contributed by atoms with E-state index < -0.39 is 5.97 Å². The fourth-order valence-corrected chi connectivity index (χ4v) is 2.48. The third-order valence-corrected chi connectivity index (χ3v) is 3.76. The first-order valence-electron chi connectivity index (χ1n) is 8.20. The second kappa shape index (κ2) is 8.33. The molecule has 7 heteroatoms. The minimum atomic E-state index is -0.515. The molecule has 2 aromatic carbocycles. The van der Waals surface area contributed by atoms with Crippen LogP contribution in [-0.4, -0.2) is 31.7 Å². The third-order valence-electron chi connectivity index (χ3n) is 3.76. The second-order valence-electron chi connectivity index (χ2n) is 5.68. The Balaban J connectivity index is 1.37. The van der Waals surface area contributed by atoms with Gasteiger partial charge in [0.2, 0.25) is 5.91 Å². The highest BCUT2D eigenvalue weighted by Crippen LogP contribution is 2.26. The Hall–Kier alpha value is -3.09. The monoisotopic (exact) mass is 359 g/mol. The summed E-state index contributed by atoms with van der Waals surface area (Å²) in [6, 6.07) is 10.8. The summed E-state index contributed by atoms with van der Waals surface area (Å²) in [6.45, 7) is 0.00734. The molecule has 0 aliphatic carbocycles. The minimum absolute atomic E-state index is 0.00222. The summed E-state index contributed by atoms with van der Waals surface area (Å²) in [6.07, 6.45) is 1.08. The molecule has 2 aromatic rings. The Morgan fingerprint density at radius 3 is 2.58 bits per heavy atom. The first kappa shape index (κ1) is 17.7. The van der Waals surface area contributed by atoms with Crippen molar-refractivity contribution in [2.24, 2.45) is 0 Å². The molecule has 26 heavy (non-hydrogen) atoms. The maximum atomic E-state index is 12.8. The minimum Gasteiger partial charge on any atom is -0.490 e. The van der Waals surface area contributed by atoms with Crippen molar-refractivity contribution in [3.05, 3.63) is 53.8 Å². The van der Waals surface area contributed by atoms with E-state index in [0.29, 0.717) is 24.3 Å². The SMILES string of the molecule is O=C1CCc2cc(OCC(=O)OCCOc3ccc(F)cc3)ccc2N1. The summed E-state index contributed by atoms with van der Waals surface area (Å²) in [7, 11) is 0. The van der Waals surface area contributed by atoms with Gasteiger partial charge >= 0.3 is 5.97 Å². The first-order valence-corrected chi connectivity index (χ1v) is 8.20. The number of carbonyl (C=O) groups is 2. The predicted octanol–water partition coefficient (Wildman–Crippen LogP) is 2.71. The molecule has 1 aliphatic heterocycles. The quantitative estimate of drug-likeness (QED) is 0.608. The van der Waals surface area contributed by atoms with Crippen LogP contribution in [0.25, 0.3) is 0 Å². The molecule has 1 amide bonds. The molecule has 1 N–H and O–H groups in total. The molecule has 0 spiro atoms. The molecule has 0 bridgehead atoms. The van der Waals surface area contributed by atoms with Crippen LogP contribution in [0.2, 0.25) is 0 Å². The lowest BCUT2D eigenvalue weighted by Crippen LogP contribution is -2.20. The van der Waals surface area contributed by atoms with Crippen molar-refractivity contribution in [1.29, 1.82) is 0 Å². The molecule has 0 fully saturated rings. The summed E-state index contributed by atoms with van der Waals surface area (Å²) in [5.41, 5.74) is 1.75. The Kier molecular flexibility index (Phi) is 5.68. The Morgan fingerprint density at radius 2 is 1.77 bits per heavy atom. The smallest absolute Gasteiger partial charge is 0.344 e. The number of carbonyl (C=O) groups excluding carboxylic acids is 2. The van der Waals surface area contributed by atoms with Gasteiger partial charge in [0.1, 0.15) is 30.5 Å². The number of anilines is 1. The highest BCUT2D eigenvalue weighted by molar-refractivity contribution is 5.94. The van der Waals surface area contributed by atoms with E-state index in [4.69, 9.17) is 14.2 Å². The molecule has 0 radical (unpaired) electrons. The number of hydrogen-bond acceptors (Lipinski definition) is 5. The summed E-state index contributed by atoms with van der Waals surface area (Å²) in [5.74, 6) is 0.182. The summed E-state index contributed by atoms with van der Waals surface area (Å²) < 4.78 is 28.5. The molecule has 3 rings (SSSR count). The van der Waals surface area contributed by atoms with Crippen molar-refractivity contribution < 1.29 is 28.2 Å². The van der Waals surface area contributed by atoms with Crippen LogP contribution in [0.5, 0.6) is 11.5 Å². The van der Waals surface area contributed by atoms with Gasteiger partial charge in [-0.2, -0.15) is 0 Å². The zero-order chi connectivity index (χ0) is 18.4. The molecule has 0 atom stereocenters. The van der Waals surface area contributed by atoms with Gasteiger partial charge < -0.3 is 19.5 Å². The van der Waals surface area contributed by atoms with Crippen LogP contribution < -0.4 is 14.8 Å². The van der Waals surface area contributed by atoms with Crippen LogP contribution in [0.4, 0.5) is 10.1 Å². The largest absolute Gasteiger partial charge is 0.490 e. The Morgan fingerprint density at radius 1 is 1.00 bits per heavy atom. The summed E-state index contributed by atoms with van der Waals surface area (Å²) in [5, 5.41) is 2.78. The molecular weight excluding hydrogens is 341 g/mol. The van der Waals surface area contributed by atoms with Crippen molar-refractivity contribution >= 4 is 17.6 Å². The van der Waals surface area contributed by atoms with Crippen molar-refractivity contribution in [2.45, 2.75) is 12.8 Å². The van der Waals surface area contributed by atoms with E-state index in [9.17, 15) is 14.0 Å². The van der Waals surface area contributed by atoms with Gasteiger partial charge in [0.25, 0.3) is 0 Å². The lowest BCUT2D eigenvalue weighted by Gasteiger charge is -2.17. The van der Waals surface area contributed by atoms with Gasteiger partial charge in [-0.3, -0.25) is 4.79 Å². The molecule has 1 heterocycles. The van der Waals surface area contributed by atoms with E-state index in [1.807, 2.05) is 0 Å². The van der Waals surface area contributed by atoms with Gasteiger partial charge in [-0.1, -0.05) is 0 Å². The van der Waals surface area contributed by atoms with Crippen molar-refractivity contribution in [1.82, 2.24) is 0 Å². The molecule has 0 saturated carbocycles. The molecule has 0 saturated heterocycles. The predicted molar refractivity (Wildman–Crippen MR) is 91.7 cm³/mol. The van der Waals surface area contributed by atoms with Crippen LogP contribution in [0, 0.1) is 5.82 Å². The first-order chi connectivity index (χ1) is 12.6. The number of esters is 1.